The largest absolute Gasteiger partial charge is 0.355 e. The summed E-state index contributed by atoms with van der Waals surface area (Å²) < 4.78 is 5.80. The zero-order valence-corrected chi connectivity index (χ0v) is 15.4. The van der Waals surface area contributed by atoms with Crippen LogP contribution in [0.4, 0.5) is 0 Å². The number of pyridine rings is 1. The second kappa shape index (κ2) is 6.22. The van der Waals surface area contributed by atoms with E-state index in [2.05, 4.69) is 36.3 Å². The Morgan fingerprint density at radius 2 is 1.52 bits per heavy atom. The first-order chi connectivity index (χ1) is 13.2. The molecule has 0 bridgehead atoms. The maximum atomic E-state index is 6.05. The third-order valence-corrected chi connectivity index (χ3v) is 5.00. The first-order valence-electron chi connectivity index (χ1n) is 8.72. The van der Waals surface area contributed by atoms with Crippen LogP contribution in [0.2, 0.25) is 5.02 Å². The molecule has 0 unspecified atom stereocenters. The van der Waals surface area contributed by atoms with Gasteiger partial charge in [-0.3, -0.25) is 0 Å². The summed E-state index contributed by atoms with van der Waals surface area (Å²) in [4.78, 5) is 4.95. The fourth-order valence-corrected chi connectivity index (χ4v) is 3.49. The minimum absolute atomic E-state index is 0.685. The highest BCUT2D eigenvalue weighted by Gasteiger charge is 2.20. The molecular weight excluding hydrogens is 356 g/mol. The van der Waals surface area contributed by atoms with Crippen molar-refractivity contribution in [2.45, 2.75) is 6.92 Å². The van der Waals surface area contributed by atoms with Gasteiger partial charge in [0, 0.05) is 21.5 Å². The molecule has 0 spiro atoms. The van der Waals surface area contributed by atoms with Gasteiger partial charge in [-0.25, -0.2) is 4.98 Å². The van der Waals surface area contributed by atoms with Gasteiger partial charge in [-0.15, -0.1) is 0 Å². The second-order valence-electron chi connectivity index (χ2n) is 6.59. The lowest BCUT2D eigenvalue weighted by Crippen LogP contribution is -1.89. The van der Waals surface area contributed by atoms with Crippen molar-refractivity contribution in [2.24, 2.45) is 0 Å². The monoisotopic (exact) mass is 370 g/mol. The lowest BCUT2D eigenvalue weighted by Gasteiger charge is -2.07. The molecule has 3 nitrogen and oxygen atoms in total. The molecule has 0 aliphatic carbocycles. The van der Waals surface area contributed by atoms with E-state index in [9.17, 15) is 0 Å². The van der Waals surface area contributed by atoms with Crippen molar-refractivity contribution in [3.05, 3.63) is 83.4 Å². The first kappa shape index (κ1) is 16.0. The van der Waals surface area contributed by atoms with Gasteiger partial charge in [-0.1, -0.05) is 64.8 Å². The van der Waals surface area contributed by atoms with E-state index in [0.717, 1.165) is 38.6 Å². The van der Waals surface area contributed by atoms with Gasteiger partial charge in [-0.05, 0) is 37.3 Å². The number of para-hydroxylation sites is 1. The average Bonchev–Trinajstić information content (AvgIpc) is 3.14. The molecule has 0 saturated carbocycles. The molecule has 0 saturated heterocycles. The van der Waals surface area contributed by atoms with Crippen LogP contribution in [0.25, 0.3) is 44.4 Å². The number of halogens is 1. The predicted octanol–water partition coefficient (Wildman–Crippen LogP) is 6.67. The molecule has 0 radical (unpaired) electrons. The number of hydrogen-bond acceptors (Lipinski definition) is 3. The van der Waals surface area contributed by atoms with Gasteiger partial charge in [0.25, 0.3) is 0 Å². The number of fused-ring (bicyclic) bond motifs is 3. The van der Waals surface area contributed by atoms with E-state index in [1.165, 1.54) is 5.56 Å². The summed E-state index contributed by atoms with van der Waals surface area (Å²) in [6.45, 7) is 2.08. The molecule has 2 aromatic heterocycles. The molecule has 5 rings (SSSR count). The van der Waals surface area contributed by atoms with Crippen LogP contribution >= 0.6 is 11.6 Å². The number of hydrogen-bond donors (Lipinski definition) is 0. The minimum atomic E-state index is 0.685. The van der Waals surface area contributed by atoms with E-state index in [0.29, 0.717) is 10.8 Å². The Hall–Kier alpha value is -3.17. The van der Waals surface area contributed by atoms with Gasteiger partial charge in [0.1, 0.15) is 5.52 Å². The topological polar surface area (TPSA) is 38.9 Å². The van der Waals surface area contributed by atoms with Crippen LogP contribution in [0, 0.1) is 6.92 Å². The van der Waals surface area contributed by atoms with Crippen molar-refractivity contribution < 1.29 is 4.52 Å². The highest BCUT2D eigenvalue weighted by molar-refractivity contribution is 6.30. The summed E-state index contributed by atoms with van der Waals surface area (Å²) in [6.07, 6.45) is 0. The standard InChI is InChI=1S/C23H15ClN2O/c1-14-6-8-15(9-7-14)21-20-22(18-4-2-3-5-19(18)25-21)26-27-23(20)16-10-12-17(24)13-11-16/h2-13H,1H3. The molecule has 0 amide bonds. The molecule has 4 heteroatoms. The third kappa shape index (κ3) is 2.68. The second-order valence-corrected chi connectivity index (χ2v) is 7.02. The van der Waals surface area contributed by atoms with Gasteiger partial charge in [0.2, 0.25) is 0 Å². The Balaban J connectivity index is 1.89. The van der Waals surface area contributed by atoms with E-state index in [-0.39, 0.29) is 0 Å². The van der Waals surface area contributed by atoms with Gasteiger partial charge < -0.3 is 4.52 Å². The van der Waals surface area contributed by atoms with Crippen molar-refractivity contribution in [2.75, 3.05) is 0 Å². The van der Waals surface area contributed by atoms with E-state index >= 15 is 0 Å². The highest BCUT2D eigenvalue weighted by Crippen LogP contribution is 2.38. The normalized spacial score (nSPS) is 11.3. The number of benzene rings is 3. The van der Waals surface area contributed by atoms with Crippen molar-refractivity contribution >= 4 is 33.4 Å². The molecule has 0 aliphatic rings. The van der Waals surface area contributed by atoms with E-state index in [1.807, 2.05) is 48.5 Å². The fourth-order valence-electron chi connectivity index (χ4n) is 3.36. The molecular formula is C23H15ClN2O. The van der Waals surface area contributed by atoms with Crippen molar-refractivity contribution in [3.8, 4) is 22.6 Å². The smallest absolute Gasteiger partial charge is 0.176 e. The summed E-state index contributed by atoms with van der Waals surface area (Å²) in [5, 5.41) is 6.98. The summed E-state index contributed by atoms with van der Waals surface area (Å²) >= 11 is 6.05. The molecule has 5 aromatic rings. The summed E-state index contributed by atoms with van der Waals surface area (Å²) in [5.41, 5.74) is 5.76. The molecule has 27 heavy (non-hydrogen) atoms. The maximum Gasteiger partial charge on any atom is 0.176 e. The molecule has 0 N–H and O–H groups in total. The zero-order chi connectivity index (χ0) is 18.4. The quantitative estimate of drug-likeness (QED) is 0.348. The molecule has 0 atom stereocenters. The summed E-state index contributed by atoms with van der Waals surface area (Å²) in [5.74, 6) is 0.704. The van der Waals surface area contributed by atoms with Gasteiger partial charge in [0.15, 0.2) is 5.76 Å². The Labute approximate surface area is 161 Å². The fraction of sp³-hybridized carbons (Fsp3) is 0.0435. The maximum absolute atomic E-state index is 6.05. The Morgan fingerprint density at radius 1 is 0.815 bits per heavy atom. The number of aromatic nitrogens is 2. The average molecular weight is 371 g/mol. The Bertz CT molecular complexity index is 1270. The zero-order valence-electron chi connectivity index (χ0n) is 14.6. The molecule has 0 aliphatic heterocycles. The van der Waals surface area contributed by atoms with Crippen LogP contribution in [0.3, 0.4) is 0 Å². The lowest BCUT2D eigenvalue weighted by atomic mass is 10.00. The number of rotatable bonds is 2. The van der Waals surface area contributed by atoms with Crippen LogP contribution in [0.1, 0.15) is 5.56 Å². The molecule has 3 aromatic carbocycles. The van der Waals surface area contributed by atoms with Crippen LogP contribution in [0.5, 0.6) is 0 Å². The predicted molar refractivity (Wildman–Crippen MR) is 110 cm³/mol. The van der Waals surface area contributed by atoms with E-state index in [4.69, 9.17) is 21.1 Å². The van der Waals surface area contributed by atoms with Crippen molar-refractivity contribution in [1.29, 1.82) is 0 Å². The SMILES string of the molecule is Cc1ccc(-c2nc3ccccc3c3noc(-c4ccc(Cl)cc4)c23)cc1. The summed E-state index contributed by atoms with van der Waals surface area (Å²) in [6, 6.07) is 24.0. The molecule has 130 valence electrons. The van der Waals surface area contributed by atoms with Crippen LogP contribution in [0.15, 0.2) is 77.3 Å². The highest BCUT2D eigenvalue weighted by atomic mass is 35.5. The lowest BCUT2D eigenvalue weighted by molar-refractivity contribution is 0.441. The van der Waals surface area contributed by atoms with Crippen LogP contribution in [-0.2, 0) is 0 Å². The third-order valence-electron chi connectivity index (χ3n) is 4.75. The van der Waals surface area contributed by atoms with Gasteiger partial charge in [0.05, 0.1) is 16.6 Å². The van der Waals surface area contributed by atoms with E-state index < -0.39 is 0 Å². The van der Waals surface area contributed by atoms with Crippen LogP contribution in [-0.4, -0.2) is 10.1 Å². The van der Waals surface area contributed by atoms with E-state index in [1.54, 1.807) is 0 Å². The van der Waals surface area contributed by atoms with Crippen molar-refractivity contribution in [1.82, 2.24) is 10.1 Å². The number of nitrogens with zero attached hydrogens (tertiary/aromatic N) is 2. The minimum Gasteiger partial charge on any atom is -0.355 e. The van der Waals surface area contributed by atoms with Crippen LogP contribution < -0.4 is 0 Å². The Morgan fingerprint density at radius 3 is 2.30 bits per heavy atom. The molecule has 2 heterocycles. The Kier molecular flexibility index (Phi) is 3.69. The van der Waals surface area contributed by atoms with Gasteiger partial charge in [-0.2, -0.15) is 0 Å². The number of aryl methyl sites for hydroxylation is 1. The van der Waals surface area contributed by atoms with Crippen molar-refractivity contribution in [3.63, 3.8) is 0 Å². The van der Waals surface area contributed by atoms with Gasteiger partial charge >= 0.3 is 0 Å². The summed E-state index contributed by atoms with van der Waals surface area (Å²) in [7, 11) is 0. The first-order valence-corrected chi connectivity index (χ1v) is 9.09. The molecule has 0 fully saturated rings.